The van der Waals surface area contributed by atoms with Crippen LogP contribution < -0.4 is 16.2 Å². The third-order valence-electron chi connectivity index (χ3n) is 6.49. The number of aryl methyl sites for hydroxylation is 1. The molecule has 4 rings (SSSR count). The lowest BCUT2D eigenvalue weighted by Crippen LogP contribution is -2.57. The Balaban J connectivity index is 1.41. The van der Waals surface area contributed by atoms with Crippen molar-refractivity contribution >= 4 is 11.9 Å². The first kappa shape index (κ1) is 21.2. The number of nitrogens with one attached hydrogen (secondary N) is 2. The van der Waals surface area contributed by atoms with Gasteiger partial charge in [0.15, 0.2) is 0 Å². The third-order valence-corrected chi connectivity index (χ3v) is 6.49. The monoisotopic (exact) mass is 425 g/mol. The Morgan fingerprint density at radius 3 is 2.65 bits per heavy atom. The van der Waals surface area contributed by atoms with Crippen LogP contribution in [0.25, 0.3) is 0 Å². The van der Waals surface area contributed by atoms with Crippen LogP contribution in [0.2, 0.25) is 0 Å². The van der Waals surface area contributed by atoms with Crippen molar-refractivity contribution in [1.82, 2.24) is 24.7 Å². The summed E-state index contributed by atoms with van der Waals surface area (Å²) in [7, 11) is 1.93. The number of hydrogen-bond acceptors (Lipinski definition) is 3. The maximum Gasteiger partial charge on any atom is 0.318 e. The van der Waals surface area contributed by atoms with Crippen molar-refractivity contribution < 1.29 is 9.59 Å². The molecule has 0 saturated carbocycles. The van der Waals surface area contributed by atoms with E-state index in [4.69, 9.17) is 0 Å². The number of aromatic nitrogens is 2. The number of hydrogen-bond donors (Lipinski definition) is 2. The summed E-state index contributed by atoms with van der Waals surface area (Å²) in [6.45, 7) is 6.07. The van der Waals surface area contributed by atoms with Crippen LogP contribution in [0.15, 0.2) is 41.3 Å². The van der Waals surface area contributed by atoms with Crippen LogP contribution in [-0.2, 0) is 24.9 Å². The smallest absolute Gasteiger partial charge is 0.318 e. The summed E-state index contributed by atoms with van der Waals surface area (Å²) in [4.78, 5) is 39.9. The molecule has 1 fully saturated rings. The molecule has 2 aromatic heterocycles. The highest BCUT2D eigenvalue weighted by atomic mass is 16.2. The quantitative estimate of drug-likeness (QED) is 0.764. The van der Waals surface area contributed by atoms with Crippen molar-refractivity contribution in [3.63, 3.8) is 0 Å². The third kappa shape index (κ3) is 4.38. The molecule has 2 bridgehead atoms. The zero-order chi connectivity index (χ0) is 22.1. The SMILES string of the molecule is CC(C)[C@@H](NC(=O)N1C[C@H]2C[C@@H](C1)c1cccc(=O)n1C2)C(=O)NCc1cccn1C. The number of urea groups is 1. The lowest BCUT2D eigenvalue weighted by atomic mass is 9.83. The highest BCUT2D eigenvalue weighted by Gasteiger charge is 2.37. The molecule has 0 unspecified atom stereocenters. The molecule has 0 spiro atoms. The molecule has 3 atom stereocenters. The van der Waals surface area contributed by atoms with Gasteiger partial charge in [-0.25, -0.2) is 4.79 Å². The Morgan fingerprint density at radius 2 is 1.94 bits per heavy atom. The Bertz CT molecular complexity index is 1020. The maximum absolute atomic E-state index is 13.1. The lowest BCUT2D eigenvalue weighted by molar-refractivity contribution is -0.124. The number of carbonyl (C=O) groups is 2. The average Bonchev–Trinajstić information content (AvgIpc) is 3.15. The van der Waals surface area contributed by atoms with E-state index in [1.165, 1.54) is 0 Å². The van der Waals surface area contributed by atoms with Gasteiger partial charge in [0, 0.05) is 56.3 Å². The molecule has 166 valence electrons. The number of rotatable bonds is 5. The van der Waals surface area contributed by atoms with Gasteiger partial charge >= 0.3 is 6.03 Å². The van der Waals surface area contributed by atoms with Crippen molar-refractivity contribution in [3.8, 4) is 0 Å². The van der Waals surface area contributed by atoms with E-state index in [1.54, 1.807) is 17.0 Å². The van der Waals surface area contributed by atoms with E-state index in [0.29, 0.717) is 26.2 Å². The molecule has 8 nitrogen and oxygen atoms in total. The van der Waals surface area contributed by atoms with Crippen molar-refractivity contribution in [3.05, 3.63) is 58.3 Å². The molecule has 31 heavy (non-hydrogen) atoms. The van der Waals surface area contributed by atoms with Crippen molar-refractivity contribution in [2.45, 2.75) is 45.3 Å². The highest BCUT2D eigenvalue weighted by molar-refractivity contribution is 5.87. The molecule has 1 saturated heterocycles. The molecular formula is C23H31N5O3. The average molecular weight is 426 g/mol. The van der Waals surface area contributed by atoms with Gasteiger partial charge in [-0.1, -0.05) is 19.9 Å². The number of nitrogens with zero attached hydrogens (tertiary/aromatic N) is 3. The number of likely N-dealkylation sites (tertiary alicyclic amines) is 1. The van der Waals surface area contributed by atoms with E-state index in [1.807, 2.05) is 54.4 Å². The minimum Gasteiger partial charge on any atom is -0.353 e. The van der Waals surface area contributed by atoms with Crippen LogP contribution in [0.4, 0.5) is 4.79 Å². The van der Waals surface area contributed by atoms with Crippen molar-refractivity contribution in [1.29, 1.82) is 0 Å². The van der Waals surface area contributed by atoms with Gasteiger partial charge in [0.2, 0.25) is 5.91 Å². The lowest BCUT2D eigenvalue weighted by Gasteiger charge is -2.43. The van der Waals surface area contributed by atoms with Gasteiger partial charge in [0.1, 0.15) is 6.04 Å². The van der Waals surface area contributed by atoms with E-state index in [0.717, 1.165) is 17.8 Å². The minimum atomic E-state index is -0.607. The van der Waals surface area contributed by atoms with Crippen LogP contribution in [-0.4, -0.2) is 45.1 Å². The number of carbonyl (C=O) groups excluding carboxylic acids is 2. The molecule has 0 aliphatic carbocycles. The molecule has 2 aliphatic heterocycles. The summed E-state index contributed by atoms with van der Waals surface area (Å²) in [5.74, 6) is 0.177. The fourth-order valence-electron chi connectivity index (χ4n) is 4.79. The molecule has 8 heteroatoms. The van der Waals surface area contributed by atoms with Crippen LogP contribution >= 0.6 is 0 Å². The summed E-state index contributed by atoms with van der Waals surface area (Å²) < 4.78 is 3.81. The number of amides is 3. The standard InChI is InChI=1S/C23H31N5O3/c1-15(2)21(22(30)24-11-18-6-5-9-26(18)3)25-23(31)27-12-16-10-17(14-27)19-7-4-8-20(29)28(19)13-16/h4-9,15-17,21H,10-14H2,1-3H3,(H,24,30)(H,25,31)/t16-,17+,21-/m1/s1. The first-order chi connectivity index (χ1) is 14.8. The van der Waals surface area contributed by atoms with Crippen LogP contribution in [0.3, 0.4) is 0 Å². The minimum absolute atomic E-state index is 0.0277. The Kier molecular flexibility index (Phi) is 5.89. The Morgan fingerprint density at radius 1 is 1.13 bits per heavy atom. The molecule has 4 heterocycles. The Labute approximate surface area is 182 Å². The first-order valence-corrected chi connectivity index (χ1v) is 11.0. The predicted molar refractivity (Wildman–Crippen MR) is 118 cm³/mol. The van der Waals surface area contributed by atoms with E-state index in [2.05, 4.69) is 10.6 Å². The topological polar surface area (TPSA) is 88.4 Å². The molecule has 3 amide bonds. The maximum atomic E-state index is 13.1. The van der Waals surface area contributed by atoms with E-state index in [-0.39, 0.29) is 35.3 Å². The summed E-state index contributed by atoms with van der Waals surface area (Å²) in [6, 6.07) is 8.44. The highest BCUT2D eigenvalue weighted by Crippen LogP contribution is 2.34. The van der Waals surface area contributed by atoms with Crippen LogP contribution in [0.5, 0.6) is 0 Å². The molecule has 2 aliphatic rings. The summed E-state index contributed by atoms with van der Waals surface area (Å²) in [5, 5.41) is 5.90. The van der Waals surface area contributed by atoms with Crippen molar-refractivity contribution in [2.24, 2.45) is 18.9 Å². The first-order valence-electron chi connectivity index (χ1n) is 11.0. The summed E-state index contributed by atoms with van der Waals surface area (Å²) in [5.41, 5.74) is 2.03. The molecular weight excluding hydrogens is 394 g/mol. The number of piperidine rings is 1. The Hall–Kier alpha value is -3.03. The van der Waals surface area contributed by atoms with Gasteiger partial charge in [-0.15, -0.1) is 0 Å². The van der Waals surface area contributed by atoms with Crippen LogP contribution in [0, 0.1) is 11.8 Å². The fraction of sp³-hybridized carbons (Fsp3) is 0.522. The molecule has 0 radical (unpaired) electrons. The van der Waals surface area contributed by atoms with E-state index in [9.17, 15) is 14.4 Å². The largest absolute Gasteiger partial charge is 0.353 e. The number of pyridine rings is 1. The summed E-state index contributed by atoms with van der Waals surface area (Å²) >= 11 is 0. The van der Waals surface area contributed by atoms with Gasteiger partial charge in [-0.2, -0.15) is 0 Å². The predicted octanol–water partition coefficient (Wildman–Crippen LogP) is 1.66. The second-order valence-corrected chi connectivity index (χ2v) is 9.10. The van der Waals surface area contributed by atoms with Gasteiger partial charge in [-0.3, -0.25) is 9.59 Å². The molecule has 2 N–H and O–H groups in total. The van der Waals surface area contributed by atoms with Crippen molar-refractivity contribution in [2.75, 3.05) is 13.1 Å². The fourth-order valence-corrected chi connectivity index (χ4v) is 4.79. The van der Waals surface area contributed by atoms with Gasteiger partial charge < -0.3 is 24.7 Å². The molecule has 0 aromatic carbocycles. The van der Waals surface area contributed by atoms with Gasteiger partial charge in [0.25, 0.3) is 5.56 Å². The zero-order valence-electron chi connectivity index (χ0n) is 18.4. The van der Waals surface area contributed by atoms with Crippen LogP contribution in [0.1, 0.15) is 37.6 Å². The molecule has 2 aromatic rings. The van der Waals surface area contributed by atoms with E-state index < -0.39 is 6.04 Å². The second-order valence-electron chi connectivity index (χ2n) is 9.10. The summed E-state index contributed by atoms with van der Waals surface area (Å²) in [6.07, 6.45) is 2.92. The second kappa shape index (κ2) is 8.61. The number of fused-ring (bicyclic) bond motifs is 4. The van der Waals surface area contributed by atoms with Gasteiger partial charge in [-0.05, 0) is 36.5 Å². The van der Waals surface area contributed by atoms with E-state index >= 15 is 0 Å². The normalized spacial score (nSPS) is 20.8. The zero-order valence-corrected chi connectivity index (χ0v) is 18.4. The van der Waals surface area contributed by atoms with Gasteiger partial charge in [0.05, 0.1) is 6.54 Å².